The van der Waals surface area contributed by atoms with Gasteiger partial charge in [0.1, 0.15) is 11.6 Å². The van der Waals surface area contributed by atoms with E-state index in [4.69, 9.17) is 16.3 Å². The molecule has 1 atom stereocenters. The van der Waals surface area contributed by atoms with Crippen LogP contribution < -0.4 is 15.0 Å². The van der Waals surface area contributed by atoms with Crippen LogP contribution in [0.2, 0.25) is 5.02 Å². The van der Waals surface area contributed by atoms with Crippen LogP contribution in [0.15, 0.2) is 60.8 Å². The molecule has 0 radical (unpaired) electrons. The number of benzene rings is 3. The summed E-state index contributed by atoms with van der Waals surface area (Å²) in [5, 5.41) is 13.8. The van der Waals surface area contributed by atoms with Crippen molar-refractivity contribution in [3.05, 3.63) is 105 Å². The summed E-state index contributed by atoms with van der Waals surface area (Å²) in [6.45, 7) is 11.0. The van der Waals surface area contributed by atoms with E-state index in [2.05, 4.69) is 32.1 Å². The lowest BCUT2D eigenvalue weighted by atomic mass is 9.88. The van der Waals surface area contributed by atoms with Gasteiger partial charge in [0.15, 0.2) is 11.6 Å². The van der Waals surface area contributed by atoms with Crippen molar-refractivity contribution in [3.8, 4) is 5.75 Å². The minimum absolute atomic E-state index is 0.0143. The molecule has 1 amide bonds. The number of nitrogens with zero attached hydrogens (tertiary/aromatic N) is 5. The van der Waals surface area contributed by atoms with E-state index >= 15 is 4.39 Å². The van der Waals surface area contributed by atoms with E-state index in [-0.39, 0.29) is 28.1 Å². The van der Waals surface area contributed by atoms with Crippen molar-refractivity contribution in [2.45, 2.75) is 33.2 Å². The first-order valence-corrected chi connectivity index (χ1v) is 15.9. The number of carbonyl (C=O) groups is 1. The average Bonchev–Trinajstić information content (AvgIpc) is 3.01. The quantitative estimate of drug-likeness (QED) is 0.161. The highest BCUT2D eigenvalue weighted by Crippen LogP contribution is 2.39. The number of aromatic nitrogens is 2. The summed E-state index contributed by atoms with van der Waals surface area (Å²) in [4.78, 5) is 27.3. The molecule has 47 heavy (non-hydrogen) atoms. The zero-order valence-corrected chi connectivity index (χ0v) is 27.7. The first kappa shape index (κ1) is 34.0. The van der Waals surface area contributed by atoms with Crippen LogP contribution in [0.25, 0.3) is 0 Å². The van der Waals surface area contributed by atoms with Crippen LogP contribution in [-0.2, 0) is 0 Å². The second-order valence-corrected chi connectivity index (χ2v) is 12.3. The predicted molar refractivity (Wildman–Crippen MR) is 180 cm³/mol. The maximum atomic E-state index is 15.4. The smallest absolute Gasteiger partial charge is 0.413 e. The van der Waals surface area contributed by atoms with Gasteiger partial charge >= 0.3 is 6.09 Å². The highest BCUT2D eigenvalue weighted by Gasteiger charge is 2.34. The van der Waals surface area contributed by atoms with Crippen LogP contribution in [0.4, 0.5) is 31.0 Å². The number of nitrogens with one attached hydrogen (secondary N) is 1. The zero-order valence-electron chi connectivity index (χ0n) is 26.9. The average molecular weight is 665 g/mol. The number of aryl methyl sites for hydroxylation is 3. The van der Waals surface area contributed by atoms with Crippen LogP contribution in [-0.4, -0.2) is 77.3 Å². The van der Waals surface area contributed by atoms with Crippen LogP contribution in [0.1, 0.15) is 40.3 Å². The molecule has 2 heterocycles. The van der Waals surface area contributed by atoms with E-state index < -0.39 is 23.8 Å². The number of anilines is 3. The normalized spacial score (nSPS) is 14.5. The van der Waals surface area contributed by atoms with Crippen molar-refractivity contribution in [2.24, 2.45) is 0 Å². The third-order valence-corrected chi connectivity index (χ3v) is 8.51. The zero-order chi connectivity index (χ0) is 33.7. The van der Waals surface area contributed by atoms with Crippen molar-refractivity contribution in [3.63, 3.8) is 0 Å². The highest BCUT2D eigenvalue weighted by molar-refractivity contribution is 6.30. The molecule has 1 aliphatic rings. The Morgan fingerprint density at radius 3 is 2.43 bits per heavy atom. The summed E-state index contributed by atoms with van der Waals surface area (Å²) in [6.07, 6.45) is 0.805. The van der Waals surface area contributed by atoms with Gasteiger partial charge in [-0.3, -0.25) is 0 Å². The fraction of sp³-hybridized carbons (Fsp3) is 0.343. The summed E-state index contributed by atoms with van der Waals surface area (Å²) in [5.74, 6) is -1.03. The molecule has 12 heteroatoms. The molecule has 0 saturated carbocycles. The summed E-state index contributed by atoms with van der Waals surface area (Å²) in [5.41, 5.74) is 3.57. The van der Waals surface area contributed by atoms with E-state index in [1.165, 1.54) is 42.6 Å². The molecule has 1 fully saturated rings. The van der Waals surface area contributed by atoms with Gasteiger partial charge < -0.3 is 25.0 Å². The van der Waals surface area contributed by atoms with Crippen molar-refractivity contribution < 1.29 is 23.4 Å². The second-order valence-electron chi connectivity index (χ2n) is 11.9. The van der Waals surface area contributed by atoms with Crippen molar-refractivity contribution in [1.82, 2.24) is 19.8 Å². The van der Waals surface area contributed by atoms with E-state index in [1.807, 2.05) is 32.9 Å². The number of likely N-dealkylation sites (N-methyl/N-ethyl adjacent to an activating group) is 1. The fourth-order valence-electron chi connectivity index (χ4n) is 6.02. The molecule has 5 rings (SSSR count). The maximum absolute atomic E-state index is 15.4. The van der Waals surface area contributed by atoms with Crippen molar-refractivity contribution in [2.75, 3.05) is 56.6 Å². The monoisotopic (exact) mass is 664 g/mol. The Hall–Kier alpha value is -4.32. The number of hydrogen-bond acceptors (Lipinski definition) is 7. The van der Waals surface area contributed by atoms with Gasteiger partial charge in [0.2, 0.25) is 5.95 Å². The Balaban J connectivity index is 1.37. The lowest BCUT2D eigenvalue weighted by molar-refractivity contribution is 0.145. The molecule has 1 unspecified atom stereocenters. The number of hydrogen-bond donors (Lipinski definition) is 2. The highest BCUT2D eigenvalue weighted by atomic mass is 35.5. The van der Waals surface area contributed by atoms with Crippen LogP contribution in [0.3, 0.4) is 0 Å². The molecule has 0 aliphatic carbocycles. The van der Waals surface area contributed by atoms with Crippen LogP contribution >= 0.6 is 11.6 Å². The third kappa shape index (κ3) is 8.34. The lowest BCUT2D eigenvalue weighted by Gasteiger charge is -2.32. The molecule has 1 aliphatic heterocycles. The van der Waals surface area contributed by atoms with E-state index in [0.717, 1.165) is 60.7 Å². The molecule has 3 aromatic carbocycles. The summed E-state index contributed by atoms with van der Waals surface area (Å²) in [6, 6.07) is 12.6. The Morgan fingerprint density at radius 1 is 1.02 bits per heavy atom. The number of ether oxygens (including phenoxy) is 1. The minimum atomic E-state index is -1.36. The van der Waals surface area contributed by atoms with Gasteiger partial charge in [0.25, 0.3) is 0 Å². The van der Waals surface area contributed by atoms with E-state index in [1.54, 1.807) is 6.07 Å². The molecule has 9 nitrogen and oxygen atoms in total. The number of carboxylic acid groups (broad SMARTS) is 1. The molecule has 1 saturated heterocycles. The Morgan fingerprint density at radius 2 is 1.74 bits per heavy atom. The Bertz CT molecular complexity index is 1710. The summed E-state index contributed by atoms with van der Waals surface area (Å²) in [7, 11) is 2.11. The van der Waals surface area contributed by atoms with Gasteiger partial charge in [-0.25, -0.2) is 23.5 Å². The van der Waals surface area contributed by atoms with E-state index in [0.29, 0.717) is 17.9 Å². The standard InChI is InChI=1S/C35H39ClF2N6O3/c1-22-18-23(2)32(24(3)19-22)33(27-20-25(36)6-8-28(27)37)44(35(45)46)31-10-11-39-34(41-31)40-26-7-9-30(29(38)21-26)47-17-5-12-43-15-13-42(4)14-16-43/h6-11,18-21,33H,5,12-17H2,1-4H3,(H,45,46)(H,39,40,41). The Kier molecular flexibility index (Phi) is 10.9. The van der Waals surface area contributed by atoms with Crippen LogP contribution in [0.5, 0.6) is 5.75 Å². The SMILES string of the molecule is Cc1cc(C)c(C(c2cc(Cl)ccc2F)N(C(=O)O)c2ccnc(Nc3ccc(OCCCN4CCN(C)CC4)c(F)c3)n2)c(C)c1. The summed E-state index contributed by atoms with van der Waals surface area (Å²) < 4.78 is 36.1. The summed E-state index contributed by atoms with van der Waals surface area (Å²) >= 11 is 6.28. The number of piperazine rings is 1. The van der Waals surface area contributed by atoms with Gasteiger partial charge in [-0.05, 0) is 87.3 Å². The predicted octanol–water partition coefficient (Wildman–Crippen LogP) is 7.37. The molecule has 248 valence electrons. The van der Waals surface area contributed by atoms with Crippen molar-refractivity contribution in [1.29, 1.82) is 0 Å². The Labute approximate surface area is 278 Å². The maximum Gasteiger partial charge on any atom is 0.413 e. The molecule has 0 spiro atoms. The first-order valence-electron chi connectivity index (χ1n) is 15.5. The van der Waals surface area contributed by atoms with Gasteiger partial charge in [0, 0.05) is 61.3 Å². The number of halogens is 3. The third-order valence-electron chi connectivity index (χ3n) is 8.28. The molecule has 4 aromatic rings. The van der Waals surface area contributed by atoms with Gasteiger partial charge in [-0.2, -0.15) is 4.98 Å². The molecular weight excluding hydrogens is 626 g/mol. The van der Waals surface area contributed by atoms with Gasteiger partial charge in [0.05, 0.1) is 12.6 Å². The van der Waals surface area contributed by atoms with Gasteiger partial charge in [-0.1, -0.05) is 29.3 Å². The molecule has 0 bridgehead atoms. The van der Waals surface area contributed by atoms with E-state index in [9.17, 15) is 14.3 Å². The minimum Gasteiger partial charge on any atom is -0.490 e. The largest absolute Gasteiger partial charge is 0.490 e. The molecular formula is C35H39ClF2N6O3. The van der Waals surface area contributed by atoms with Gasteiger partial charge in [-0.15, -0.1) is 0 Å². The second kappa shape index (κ2) is 15.1. The van der Waals surface area contributed by atoms with Crippen LogP contribution in [0, 0.1) is 32.4 Å². The molecule has 2 N–H and O–H groups in total. The fourth-order valence-corrected chi connectivity index (χ4v) is 6.20. The topological polar surface area (TPSA) is 94.1 Å². The first-order chi connectivity index (χ1) is 22.5. The molecule has 1 aromatic heterocycles. The number of rotatable bonds is 11. The van der Waals surface area contributed by atoms with Crippen molar-refractivity contribution >= 4 is 35.1 Å². The lowest BCUT2D eigenvalue weighted by Crippen LogP contribution is -2.44. The number of amides is 1.